The largest absolute Gasteiger partial charge is 0.159 e. The van der Waals surface area contributed by atoms with Gasteiger partial charge in [-0.2, -0.15) is 10.2 Å². The van der Waals surface area contributed by atoms with E-state index in [1.807, 2.05) is 12.1 Å². The fraction of sp³-hybridized carbons (Fsp3) is 0.200. The van der Waals surface area contributed by atoms with Gasteiger partial charge in [0.05, 0.1) is 5.69 Å². The topological polar surface area (TPSA) is 25.8 Å². The van der Waals surface area contributed by atoms with Gasteiger partial charge < -0.3 is 0 Å². The zero-order valence-corrected chi connectivity index (χ0v) is 18.6. The van der Waals surface area contributed by atoms with Crippen molar-refractivity contribution in [2.45, 2.75) is 33.1 Å². The van der Waals surface area contributed by atoms with E-state index in [9.17, 15) is 0 Å². The highest BCUT2D eigenvalue weighted by molar-refractivity contribution is 5.70. The molecular formula is C30H26N2. The summed E-state index contributed by atoms with van der Waals surface area (Å²) in [6.07, 6.45) is 7.48. The van der Waals surface area contributed by atoms with Crippen LogP contribution >= 0.6 is 0 Å². The maximum Gasteiger partial charge on any atom is 0.0929 e. The summed E-state index contributed by atoms with van der Waals surface area (Å²) in [6.45, 7) is 4.54. The highest BCUT2D eigenvalue weighted by Gasteiger charge is 2.21. The molecule has 0 fully saturated rings. The van der Waals surface area contributed by atoms with Gasteiger partial charge in [0.1, 0.15) is 0 Å². The molecule has 2 aliphatic rings. The van der Waals surface area contributed by atoms with Crippen LogP contribution in [0.5, 0.6) is 0 Å². The lowest BCUT2D eigenvalue weighted by molar-refractivity contribution is 0.639. The third kappa shape index (κ3) is 3.10. The minimum absolute atomic E-state index is 0.581. The molecule has 1 unspecified atom stereocenters. The zero-order valence-electron chi connectivity index (χ0n) is 18.6. The predicted molar refractivity (Wildman–Crippen MR) is 130 cm³/mol. The normalized spacial score (nSPS) is 16.6. The third-order valence-corrected chi connectivity index (χ3v) is 7.14. The first kappa shape index (κ1) is 19.2. The first-order valence-corrected chi connectivity index (χ1v) is 11.5. The molecule has 1 heterocycles. The molecule has 0 saturated heterocycles. The van der Waals surface area contributed by atoms with Gasteiger partial charge in [0.15, 0.2) is 0 Å². The first-order chi connectivity index (χ1) is 15.7. The molecule has 0 amide bonds. The first-order valence-electron chi connectivity index (χ1n) is 11.5. The van der Waals surface area contributed by atoms with E-state index in [1.54, 1.807) is 11.8 Å². The van der Waals surface area contributed by atoms with Crippen LogP contribution in [0.3, 0.4) is 0 Å². The molecule has 4 aromatic rings. The van der Waals surface area contributed by atoms with E-state index in [0.29, 0.717) is 5.92 Å². The monoisotopic (exact) mass is 414 g/mol. The van der Waals surface area contributed by atoms with Crippen molar-refractivity contribution in [3.63, 3.8) is 0 Å². The standard InChI is InChI=1S/C30H26N2/c1-19-5-8-21(9-6-19)30-20(2)7-12-27-26-14-10-22-18-23(29-4-3-17-31-32-29)11-13-24(22)25(26)15-16-28(27)30/h3-6,8-11,13,15-18,20H,7,12,14H2,1-2H3. The highest BCUT2D eigenvalue weighted by Crippen LogP contribution is 2.30. The molecule has 0 spiro atoms. The van der Waals surface area contributed by atoms with Crippen LogP contribution in [0, 0.1) is 23.3 Å². The van der Waals surface area contributed by atoms with E-state index in [4.69, 9.17) is 0 Å². The minimum Gasteiger partial charge on any atom is -0.159 e. The smallest absolute Gasteiger partial charge is 0.0929 e. The van der Waals surface area contributed by atoms with Gasteiger partial charge >= 0.3 is 0 Å². The summed E-state index contributed by atoms with van der Waals surface area (Å²) in [7, 11) is 0. The molecule has 2 aliphatic carbocycles. The number of fused-ring (bicyclic) bond motifs is 4. The lowest BCUT2D eigenvalue weighted by Crippen LogP contribution is -2.26. The summed E-state index contributed by atoms with van der Waals surface area (Å²) < 4.78 is 0. The van der Waals surface area contributed by atoms with Crippen LogP contribution in [0.1, 0.15) is 35.6 Å². The number of benzene rings is 3. The molecule has 2 nitrogen and oxygen atoms in total. The molecule has 0 aliphatic heterocycles. The summed E-state index contributed by atoms with van der Waals surface area (Å²) in [5, 5.41) is 13.8. The van der Waals surface area contributed by atoms with E-state index in [-0.39, 0.29) is 0 Å². The molecule has 2 heteroatoms. The average Bonchev–Trinajstić information content (AvgIpc) is 2.84. The van der Waals surface area contributed by atoms with Crippen molar-refractivity contribution in [2.75, 3.05) is 0 Å². The highest BCUT2D eigenvalue weighted by atomic mass is 15.1. The van der Waals surface area contributed by atoms with Gasteiger partial charge in [-0.25, -0.2) is 0 Å². The molecule has 0 saturated carbocycles. The Kier molecular flexibility index (Phi) is 4.53. The van der Waals surface area contributed by atoms with Crippen molar-refractivity contribution < 1.29 is 0 Å². The second-order valence-electron chi connectivity index (χ2n) is 9.16. The maximum atomic E-state index is 4.28. The Balaban J connectivity index is 1.60. The molecule has 0 bridgehead atoms. The van der Waals surface area contributed by atoms with E-state index in [0.717, 1.165) is 24.1 Å². The summed E-state index contributed by atoms with van der Waals surface area (Å²) in [6, 6.07) is 24.5. The average molecular weight is 415 g/mol. The van der Waals surface area contributed by atoms with Crippen molar-refractivity contribution in [1.82, 2.24) is 10.2 Å². The van der Waals surface area contributed by atoms with Crippen molar-refractivity contribution >= 4 is 11.6 Å². The van der Waals surface area contributed by atoms with Gasteiger partial charge in [0.2, 0.25) is 0 Å². The van der Waals surface area contributed by atoms with Crippen LogP contribution in [0.2, 0.25) is 0 Å². The fourth-order valence-corrected chi connectivity index (χ4v) is 5.46. The summed E-state index contributed by atoms with van der Waals surface area (Å²) in [5.74, 6) is 0.581. The lowest BCUT2D eigenvalue weighted by atomic mass is 9.79. The molecule has 1 atom stereocenters. The van der Waals surface area contributed by atoms with Crippen LogP contribution in [-0.4, -0.2) is 10.2 Å². The molecule has 0 radical (unpaired) electrons. The SMILES string of the molecule is Cc1ccc(C2=c3ccc4c(c3CCC2C)CC=c2cc(-c3cccnn3)ccc2=4)cc1. The minimum atomic E-state index is 0.581. The van der Waals surface area contributed by atoms with Crippen LogP contribution < -0.4 is 10.4 Å². The Labute approximate surface area is 188 Å². The molecule has 156 valence electrons. The van der Waals surface area contributed by atoms with Gasteiger partial charge in [0, 0.05) is 11.8 Å². The number of hydrogen-bond donors (Lipinski definition) is 0. The molecule has 3 aromatic carbocycles. The van der Waals surface area contributed by atoms with Crippen LogP contribution in [0.25, 0.3) is 22.9 Å². The van der Waals surface area contributed by atoms with Gasteiger partial charge in [-0.15, -0.1) is 0 Å². The molecule has 6 rings (SSSR count). The van der Waals surface area contributed by atoms with E-state index in [1.165, 1.54) is 49.6 Å². The molecule has 1 aromatic heterocycles. The van der Waals surface area contributed by atoms with Crippen molar-refractivity contribution in [2.24, 2.45) is 5.92 Å². The third-order valence-electron chi connectivity index (χ3n) is 7.14. The number of rotatable bonds is 2. The molecule has 32 heavy (non-hydrogen) atoms. The van der Waals surface area contributed by atoms with Gasteiger partial charge in [0.25, 0.3) is 0 Å². The Bertz CT molecular complexity index is 1550. The number of aryl methyl sites for hydroxylation is 1. The van der Waals surface area contributed by atoms with Crippen LogP contribution in [-0.2, 0) is 12.8 Å². The Morgan fingerprint density at radius 2 is 1.59 bits per heavy atom. The number of aromatic nitrogens is 2. The summed E-state index contributed by atoms with van der Waals surface area (Å²) in [4.78, 5) is 0. The second kappa shape index (κ2) is 7.56. The van der Waals surface area contributed by atoms with Gasteiger partial charge in [-0.1, -0.05) is 67.1 Å². The van der Waals surface area contributed by atoms with E-state index in [2.05, 4.69) is 84.7 Å². The van der Waals surface area contributed by atoms with Crippen LogP contribution in [0.15, 0.2) is 72.9 Å². The van der Waals surface area contributed by atoms with Crippen molar-refractivity contribution in [3.8, 4) is 11.3 Å². The molecule has 0 N–H and O–H groups in total. The van der Waals surface area contributed by atoms with E-state index < -0.39 is 0 Å². The van der Waals surface area contributed by atoms with Gasteiger partial charge in [-0.05, 0) is 93.4 Å². The Hall–Kier alpha value is -3.52. The molecular weight excluding hydrogens is 388 g/mol. The van der Waals surface area contributed by atoms with Crippen molar-refractivity contribution in [1.29, 1.82) is 0 Å². The maximum absolute atomic E-state index is 4.28. The lowest BCUT2D eigenvalue weighted by Gasteiger charge is -2.26. The zero-order chi connectivity index (χ0) is 21.7. The number of nitrogens with zero attached hydrogens (tertiary/aromatic N) is 2. The Morgan fingerprint density at radius 1 is 0.812 bits per heavy atom. The Morgan fingerprint density at radius 3 is 2.41 bits per heavy atom. The second-order valence-corrected chi connectivity index (χ2v) is 9.16. The van der Waals surface area contributed by atoms with Crippen LogP contribution in [0.4, 0.5) is 0 Å². The van der Waals surface area contributed by atoms with Gasteiger partial charge in [-0.3, -0.25) is 0 Å². The van der Waals surface area contributed by atoms with E-state index >= 15 is 0 Å². The fourth-order valence-electron chi connectivity index (χ4n) is 5.46. The quantitative estimate of drug-likeness (QED) is 0.468. The summed E-state index contributed by atoms with van der Waals surface area (Å²) in [5.41, 5.74) is 9.31. The van der Waals surface area contributed by atoms with Crippen molar-refractivity contribution in [3.05, 3.63) is 116 Å². The number of hydrogen-bond acceptors (Lipinski definition) is 2. The summed E-state index contributed by atoms with van der Waals surface area (Å²) >= 11 is 0. The predicted octanol–water partition coefficient (Wildman–Crippen LogP) is 4.86.